The molecule has 104 valence electrons. The molecule has 0 aliphatic heterocycles. The fraction of sp³-hybridized carbons (Fsp3) is 0.133. The van der Waals surface area contributed by atoms with Gasteiger partial charge in [-0.25, -0.2) is 4.79 Å². The lowest BCUT2D eigenvalue weighted by Crippen LogP contribution is -2.32. The van der Waals surface area contributed by atoms with Crippen molar-refractivity contribution in [3.63, 3.8) is 0 Å². The number of carbonyl (C=O) groups excluding carboxylic acids is 1. The molecule has 0 saturated carbocycles. The Balaban J connectivity index is 1.79. The van der Waals surface area contributed by atoms with Gasteiger partial charge in [0, 0.05) is 5.69 Å². The zero-order valence-corrected chi connectivity index (χ0v) is 11.1. The van der Waals surface area contributed by atoms with Gasteiger partial charge in [-0.05, 0) is 24.3 Å². The standard InChI is InChI=1S/C15H16N2O3/c1-19-13-9-5-6-10-14(13)20-11-16-15(18)17-12-7-3-2-4-8-12/h2-10H,11H2,1H3,(H2,16,17,18). The molecule has 5 nitrogen and oxygen atoms in total. The van der Waals surface area contributed by atoms with E-state index in [1.807, 2.05) is 30.3 Å². The Kier molecular flexibility index (Phi) is 4.83. The molecular formula is C15H16N2O3. The molecule has 2 aromatic carbocycles. The van der Waals surface area contributed by atoms with Crippen LogP contribution < -0.4 is 20.1 Å². The van der Waals surface area contributed by atoms with Crippen molar-refractivity contribution >= 4 is 11.7 Å². The summed E-state index contributed by atoms with van der Waals surface area (Å²) >= 11 is 0. The van der Waals surface area contributed by atoms with Gasteiger partial charge in [0.25, 0.3) is 0 Å². The lowest BCUT2D eigenvalue weighted by atomic mass is 10.3. The molecule has 0 atom stereocenters. The fourth-order valence-electron chi connectivity index (χ4n) is 1.61. The third-order valence-corrected chi connectivity index (χ3v) is 2.56. The quantitative estimate of drug-likeness (QED) is 0.823. The summed E-state index contributed by atoms with van der Waals surface area (Å²) in [5.74, 6) is 1.20. The molecule has 0 radical (unpaired) electrons. The first-order chi connectivity index (χ1) is 9.79. The van der Waals surface area contributed by atoms with Gasteiger partial charge in [0.2, 0.25) is 0 Å². The maximum absolute atomic E-state index is 11.6. The molecule has 2 aromatic rings. The Morgan fingerprint density at radius 1 is 1.00 bits per heavy atom. The maximum atomic E-state index is 11.6. The van der Waals surface area contributed by atoms with E-state index in [0.29, 0.717) is 11.5 Å². The number of ether oxygens (including phenoxy) is 2. The van der Waals surface area contributed by atoms with Gasteiger partial charge in [-0.1, -0.05) is 30.3 Å². The number of hydrogen-bond donors (Lipinski definition) is 2. The first-order valence-electron chi connectivity index (χ1n) is 6.15. The molecule has 2 N–H and O–H groups in total. The third kappa shape index (κ3) is 3.91. The van der Waals surface area contributed by atoms with E-state index >= 15 is 0 Å². The van der Waals surface area contributed by atoms with Gasteiger partial charge in [0.05, 0.1) is 7.11 Å². The molecule has 20 heavy (non-hydrogen) atoms. The predicted molar refractivity (Wildman–Crippen MR) is 77.1 cm³/mol. The van der Waals surface area contributed by atoms with E-state index in [2.05, 4.69) is 10.6 Å². The van der Waals surface area contributed by atoms with Gasteiger partial charge in [-0.15, -0.1) is 0 Å². The number of methoxy groups -OCH3 is 1. The SMILES string of the molecule is COc1ccccc1OCNC(=O)Nc1ccccc1. The van der Waals surface area contributed by atoms with Crippen molar-refractivity contribution in [2.75, 3.05) is 19.2 Å². The van der Waals surface area contributed by atoms with E-state index in [1.54, 1.807) is 31.4 Å². The van der Waals surface area contributed by atoms with Crippen molar-refractivity contribution in [1.29, 1.82) is 0 Å². The molecule has 2 rings (SSSR count). The van der Waals surface area contributed by atoms with Gasteiger partial charge >= 0.3 is 6.03 Å². The molecule has 0 aliphatic carbocycles. The second-order valence-corrected chi connectivity index (χ2v) is 3.94. The summed E-state index contributed by atoms with van der Waals surface area (Å²) in [4.78, 5) is 11.6. The van der Waals surface area contributed by atoms with E-state index in [0.717, 1.165) is 5.69 Å². The number of rotatable bonds is 5. The van der Waals surface area contributed by atoms with Crippen molar-refractivity contribution < 1.29 is 14.3 Å². The Bertz CT molecular complexity index is 558. The maximum Gasteiger partial charge on any atom is 0.321 e. The monoisotopic (exact) mass is 272 g/mol. The largest absolute Gasteiger partial charge is 0.493 e. The lowest BCUT2D eigenvalue weighted by Gasteiger charge is -2.11. The molecule has 0 saturated heterocycles. The zero-order chi connectivity index (χ0) is 14.2. The van der Waals surface area contributed by atoms with Crippen LogP contribution in [0, 0.1) is 0 Å². The summed E-state index contributed by atoms with van der Waals surface area (Å²) in [6.07, 6.45) is 0. The number of amides is 2. The fourth-order valence-corrected chi connectivity index (χ4v) is 1.61. The molecule has 0 spiro atoms. The number of hydrogen-bond acceptors (Lipinski definition) is 3. The summed E-state index contributed by atoms with van der Waals surface area (Å²) in [6, 6.07) is 16.1. The third-order valence-electron chi connectivity index (χ3n) is 2.56. The van der Waals surface area contributed by atoms with Crippen LogP contribution in [0.15, 0.2) is 54.6 Å². The van der Waals surface area contributed by atoms with Crippen LogP contribution in [0.25, 0.3) is 0 Å². The van der Waals surface area contributed by atoms with Crippen LogP contribution >= 0.6 is 0 Å². The van der Waals surface area contributed by atoms with Crippen molar-refractivity contribution in [3.8, 4) is 11.5 Å². The zero-order valence-electron chi connectivity index (χ0n) is 11.1. The van der Waals surface area contributed by atoms with Crippen LogP contribution in [0.5, 0.6) is 11.5 Å². The van der Waals surface area contributed by atoms with Gasteiger partial charge in [-0.3, -0.25) is 0 Å². The van der Waals surface area contributed by atoms with E-state index in [4.69, 9.17) is 9.47 Å². The average Bonchev–Trinajstić information content (AvgIpc) is 2.49. The topological polar surface area (TPSA) is 59.6 Å². The second kappa shape index (κ2) is 7.04. The first kappa shape index (κ1) is 13.7. The van der Waals surface area contributed by atoms with Crippen molar-refractivity contribution in [3.05, 3.63) is 54.6 Å². The highest BCUT2D eigenvalue weighted by Gasteiger charge is 2.04. The molecule has 0 unspecified atom stereocenters. The molecule has 5 heteroatoms. The van der Waals surface area contributed by atoms with Crippen LogP contribution in [-0.2, 0) is 0 Å². The van der Waals surface area contributed by atoms with E-state index < -0.39 is 0 Å². The summed E-state index contributed by atoms with van der Waals surface area (Å²) in [7, 11) is 1.57. The minimum atomic E-state index is -0.328. The number of benzene rings is 2. The van der Waals surface area contributed by atoms with Crippen LogP contribution in [0.4, 0.5) is 10.5 Å². The predicted octanol–water partition coefficient (Wildman–Crippen LogP) is 2.85. The molecule has 0 aromatic heterocycles. The van der Waals surface area contributed by atoms with Crippen molar-refractivity contribution in [1.82, 2.24) is 5.32 Å². The van der Waals surface area contributed by atoms with Gasteiger partial charge < -0.3 is 20.1 Å². The van der Waals surface area contributed by atoms with Crippen LogP contribution in [0.3, 0.4) is 0 Å². The molecule has 0 fully saturated rings. The number of anilines is 1. The first-order valence-corrected chi connectivity index (χ1v) is 6.15. The van der Waals surface area contributed by atoms with E-state index in [-0.39, 0.29) is 12.8 Å². The summed E-state index contributed by atoms with van der Waals surface area (Å²) in [5, 5.41) is 5.30. The number of carbonyl (C=O) groups is 1. The molecule has 0 aliphatic rings. The highest BCUT2D eigenvalue weighted by atomic mass is 16.5. The normalized spacial score (nSPS) is 9.65. The highest BCUT2D eigenvalue weighted by Crippen LogP contribution is 2.25. The summed E-state index contributed by atoms with van der Waals surface area (Å²) < 4.78 is 10.6. The molecular weight excluding hydrogens is 256 g/mol. The minimum Gasteiger partial charge on any atom is -0.493 e. The lowest BCUT2D eigenvalue weighted by molar-refractivity contribution is 0.231. The van der Waals surface area contributed by atoms with Crippen LogP contribution in [0.2, 0.25) is 0 Å². The Labute approximate surface area is 117 Å². The second-order valence-electron chi connectivity index (χ2n) is 3.94. The number of nitrogens with one attached hydrogen (secondary N) is 2. The van der Waals surface area contributed by atoms with E-state index in [1.165, 1.54) is 0 Å². The minimum absolute atomic E-state index is 0.0546. The van der Waals surface area contributed by atoms with Gasteiger partial charge in [-0.2, -0.15) is 0 Å². The van der Waals surface area contributed by atoms with Gasteiger partial charge in [0.15, 0.2) is 18.2 Å². The molecule has 0 bridgehead atoms. The Morgan fingerprint density at radius 3 is 2.35 bits per heavy atom. The Hall–Kier alpha value is -2.69. The van der Waals surface area contributed by atoms with Crippen LogP contribution in [-0.4, -0.2) is 19.9 Å². The average molecular weight is 272 g/mol. The smallest absolute Gasteiger partial charge is 0.321 e. The van der Waals surface area contributed by atoms with E-state index in [9.17, 15) is 4.79 Å². The van der Waals surface area contributed by atoms with Crippen LogP contribution in [0.1, 0.15) is 0 Å². The highest BCUT2D eigenvalue weighted by molar-refractivity contribution is 5.89. The number of urea groups is 1. The number of para-hydroxylation sites is 3. The van der Waals surface area contributed by atoms with Gasteiger partial charge in [0.1, 0.15) is 0 Å². The Morgan fingerprint density at radius 2 is 1.65 bits per heavy atom. The molecule has 2 amide bonds. The van der Waals surface area contributed by atoms with Crippen molar-refractivity contribution in [2.45, 2.75) is 0 Å². The summed E-state index contributed by atoms with van der Waals surface area (Å²) in [5.41, 5.74) is 0.724. The summed E-state index contributed by atoms with van der Waals surface area (Å²) in [6.45, 7) is 0.0546. The van der Waals surface area contributed by atoms with Crippen molar-refractivity contribution in [2.24, 2.45) is 0 Å². The molecule has 0 heterocycles.